The number of fused-ring (bicyclic) bond motifs is 1. The Bertz CT molecular complexity index is 1230. The van der Waals surface area contributed by atoms with Gasteiger partial charge in [0.05, 0.1) is 30.0 Å². The number of nitrogens with one attached hydrogen (secondary N) is 2. The topological polar surface area (TPSA) is 149 Å². The molecule has 5 rings (SSSR count). The van der Waals surface area contributed by atoms with E-state index in [1.54, 1.807) is 35.4 Å². The molecule has 2 atom stereocenters. The first kappa shape index (κ1) is 19.1. The van der Waals surface area contributed by atoms with Gasteiger partial charge in [0.1, 0.15) is 5.82 Å². The molecule has 158 valence electrons. The minimum atomic E-state index is -0.191. The van der Waals surface area contributed by atoms with E-state index in [0.717, 1.165) is 18.7 Å². The largest absolute Gasteiger partial charge is 0.396 e. The van der Waals surface area contributed by atoms with Gasteiger partial charge in [0, 0.05) is 26.3 Å². The van der Waals surface area contributed by atoms with E-state index >= 15 is 0 Å². The number of pyridine rings is 1. The van der Waals surface area contributed by atoms with Crippen molar-refractivity contribution in [1.29, 1.82) is 0 Å². The van der Waals surface area contributed by atoms with E-state index in [4.69, 9.17) is 0 Å². The Morgan fingerprint density at radius 1 is 1.23 bits per heavy atom. The smallest absolute Gasteiger partial charge is 0.229 e. The highest BCUT2D eigenvalue weighted by Gasteiger charge is 2.36. The van der Waals surface area contributed by atoms with Crippen molar-refractivity contribution in [3.8, 4) is 5.69 Å². The van der Waals surface area contributed by atoms with Crippen molar-refractivity contribution in [2.75, 3.05) is 17.2 Å². The lowest BCUT2D eigenvalue weighted by Crippen LogP contribution is -2.08. The fraction of sp³-hybridized carbons (Fsp3) is 0.316. The second-order valence-electron chi connectivity index (χ2n) is 7.50. The molecule has 0 bridgehead atoms. The van der Waals surface area contributed by atoms with Crippen LogP contribution in [0.2, 0.25) is 0 Å². The number of carbonyl (C=O) groups excluding carboxylic acids is 1. The maximum Gasteiger partial charge on any atom is 0.229 e. The fourth-order valence-electron chi connectivity index (χ4n) is 3.38. The third kappa shape index (κ3) is 4.05. The number of hydrogen-bond acceptors (Lipinski definition) is 9. The summed E-state index contributed by atoms with van der Waals surface area (Å²) in [5.74, 6) is 1.52. The number of aromatic nitrogens is 8. The molecule has 1 amide bonds. The highest BCUT2D eigenvalue weighted by molar-refractivity contribution is 5.87. The van der Waals surface area contributed by atoms with E-state index in [1.807, 2.05) is 10.9 Å². The molecule has 4 aromatic rings. The predicted octanol–water partition coefficient (Wildman–Crippen LogP) is 1.13. The molecule has 1 aliphatic rings. The van der Waals surface area contributed by atoms with Gasteiger partial charge in [-0.05, 0) is 30.4 Å². The molecule has 0 spiro atoms. The lowest BCUT2D eigenvalue weighted by atomic mass is 10.3. The van der Waals surface area contributed by atoms with Gasteiger partial charge in [-0.2, -0.15) is 14.8 Å². The lowest BCUT2D eigenvalue weighted by molar-refractivity contribution is -0.114. The maximum absolute atomic E-state index is 11.2. The Morgan fingerprint density at radius 2 is 2.13 bits per heavy atom. The highest BCUT2D eigenvalue weighted by Crippen LogP contribution is 2.39. The highest BCUT2D eigenvalue weighted by atomic mass is 16.3. The van der Waals surface area contributed by atoms with Gasteiger partial charge in [-0.25, -0.2) is 9.97 Å². The molecule has 1 saturated carbocycles. The van der Waals surface area contributed by atoms with Crippen molar-refractivity contribution in [1.82, 2.24) is 39.7 Å². The summed E-state index contributed by atoms with van der Waals surface area (Å²) in [5, 5.41) is 27.5. The molecule has 1 aliphatic carbocycles. The molecule has 0 radical (unpaired) electrons. The average molecular weight is 420 g/mol. The van der Waals surface area contributed by atoms with Gasteiger partial charge < -0.3 is 15.7 Å². The first-order valence-corrected chi connectivity index (χ1v) is 9.82. The predicted molar refractivity (Wildman–Crippen MR) is 111 cm³/mol. The van der Waals surface area contributed by atoms with Gasteiger partial charge in [-0.1, -0.05) is 5.21 Å². The normalized spacial score (nSPS) is 17.6. The number of carbonyl (C=O) groups is 1. The molecule has 0 aromatic carbocycles. The summed E-state index contributed by atoms with van der Waals surface area (Å²) >= 11 is 0. The van der Waals surface area contributed by atoms with Crippen LogP contribution in [-0.2, 0) is 11.3 Å². The summed E-state index contributed by atoms with van der Waals surface area (Å²) < 4.78 is 3.41. The van der Waals surface area contributed by atoms with Crippen molar-refractivity contribution in [2.45, 2.75) is 19.9 Å². The number of amides is 1. The maximum atomic E-state index is 11.2. The van der Waals surface area contributed by atoms with Crippen LogP contribution in [0.1, 0.15) is 13.3 Å². The molecular weight excluding hydrogens is 400 g/mol. The van der Waals surface area contributed by atoms with E-state index in [2.05, 4.69) is 41.0 Å². The number of aliphatic hydroxyl groups is 1. The Labute approximate surface area is 176 Å². The third-order valence-corrected chi connectivity index (χ3v) is 5.10. The number of anilines is 3. The quantitative estimate of drug-likeness (QED) is 0.400. The molecule has 31 heavy (non-hydrogen) atoms. The summed E-state index contributed by atoms with van der Waals surface area (Å²) in [7, 11) is 0. The fourth-order valence-corrected chi connectivity index (χ4v) is 3.38. The van der Waals surface area contributed by atoms with Crippen LogP contribution in [0.25, 0.3) is 16.9 Å². The van der Waals surface area contributed by atoms with E-state index in [9.17, 15) is 9.90 Å². The molecule has 0 aliphatic heterocycles. The Balaban J connectivity index is 1.34. The van der Waals surface area contributed by atoms with Crippen molar-refractivity contribution < 1.29 is 9.90 Å². The first-order valence-electron chi connectivity index (χ1n) is 9.82. The van der Waals surface area contributed by atoms with Crippen LogP contribution < -0.4 is 10.6 Å². The van der Waals surface area contributed by atoms with E-state index in [-0.39, 0.29) is 12.5 Å². The van der Waals surface area contributed by atoms with Gasteiger partial charge in [-0.3, -0.25) is 9.48 Å². The standard InChI is InChI=1S/C19H20N10O2/c1-11(31)23-17-3-2-15(6-20-17)29-18-16(26-27-29)7-21-19(25-18)24-14-5-22-28(9-14)8-12-4-13(12)10-30/h2-3,5-7,9,12-13,30H,4,8,10H2,1H3,(H,20,23,31)(H,21,24,25). The van der Waals surface area contributed by atoms with Crippen molar-refractivity contribution in [3.63, 3.8) is 0 Å². The third-order valence-electron chi connectivity index (χ3n) is 5.10. The molecule has 3 N–H and O–H groups in total. The number of aliphatic hydroxyl groups excluding tert-OH is 1. The van der Waals surface area contributed by atoms with Gasteiger partial charge in [0.2, 0.25) is 11.9 Å². The summed E-state index contributed by atoms with van der Waals surface area (Å²) in [6.07, 6.45) is 7.81. The average Bonchev–Trinajstić information content (AvgIpc) is 3.14. The zero-order chi connectivity index (χ0) is 21.4. The minimum absolute atomic E-state index is 0.191. The molecule has 0 saturated heterocycles. The Hall–Kier alpha value is -3.93. The van der Waals surface area contributed by atoms with Crippen LogP contribution >= 0.6 is 0 Å². The van der Waals surface area contributed by atoms with E-state index < -0.39 is 0 Å². The second kappa shape index (κ2) is 7.72. The Kier molecular flexibility index (Phi) is 4.75. The molecular formula is C19H20N10O2. The summed E-state index contributed by atoms with van der Waals surface area (Å²) in [6, 6.07) is 3.45. The molecule has 4 aromatic heterocycles. The second-order valence-corrected chi connectivity index (χ2v) is 7.50. The summed E-state index contributed by atoms with van der Waals surface area (Å²) in [4.78, 5) is 24.2. The number of nitrogens with zero attached hydrogens (tertiary/aromatic N) is 8. The van der Waals surface area contributed by atoms with Crippen molar-refractivity contribution in [3.05, 3.63) is 36.9 Å². The Morgan fingerprint density at radius 3 is 2.87 bits per heavy atom. The van der Waals surface area contributed by atoms with E-state index in [0.29, 0.717) is 40.5 Å². The molecule has 12 nitrogen and oxygen atoms in total. The van der Waals surface area contributed by atoms with Gasteiger partial charge in [0.15, 0.2) is 11.2 Å². The SMILES string of the molecule is CC(=O)Nc1ccc(-n2nnc3cnc(Nc4cnn(CC5CC5CO)c4)nc32)cn1. The van der Waals surface area contributed by atoms with Gasteiger partial charge in [0.25, 0.3) is 0 Å². The van der Waals surface area contributed by atoms with Crippen LogP contribution in [0.4, 0.5) is 17.5 Å². The monoisotopic (exact) mass is 420 g/mol. The van der Waals surface area contributed by atoms with Crippen LogP contribution in [0, 0.1) is 11.8 Å². The molecule has 4 heterocycles. The zero-order valence-corrected chi connectivity index (χ0v) is 16.7. The lowest BCUT2D eigenvalue weighted by Gasteiger charge is -2.05. The summed E-state index contributed by atoms with van der Waals surface area (Å²) in [6.45, 7) is 2.44. The van der Waals surface area contributed by atoms with Gasteiger partial charge >= 0.3 is 0 Å². The molecule has 1 fully saturated rings. The minimum Gasteiger partial charge on any atom is -0.396 e. The number of hydrogen-bond donors (Lipinski definition) is 3. The van der Waals surface area contributed by atoms with Crippen LogP contribution in [-0.4, -0.2) is 57.3 Å². The van der Waals surface area contributed by atoms with Crippen LogP contribution in [0.15, 0.2) is 36.9 Å². The summed E-state index contributed by atoms with van der Waals surface area (Å²) in [5.41, 5.74) is 2.47. The van der Waals surface area contributed by atoms with Crippen molar-refractivity contribution >= 4 is 34.5 Å². The van der Waals surface area contributed by atoms with E-state index in [1.165, 1.54) is 6.92 Å². The first-order chi connectivity index (χ1) is 15.1. The number of rotatable bonds is 7. The van der Waals surface area contributed by atoms with Crippen LogP contribution in [0.3, 0.4) is 0 Å². The molecule has 12 heteroatoms. The van der Waals surface area contributed by atoms with Crippen molar-refractivity contribution in [2.24, 2.45) is 11.8 Å². The zero-order valence-electron chi connectivity index (χ0n) is 16.7. The molecule has 2 unspecified atom stereocenters. The van der Waals surface area contributed by atoms with Gasteiger partial charge in [-0.15, -0.1) is 5.10 Å². The van der Waals surface area contributed by atoms with Crippen LogP contribution in [0.5, 0.6) is 0 Å².